The van der Waals surface area contributed by atoms with Crippen LogP contribution in [0.25, 0.3) is 5.83 Å². The first-order chi connectivity index (χ1) is 8.85. The van der Waals surface area contributed by atoms with E-state index in [1.54, 1.807) is 0 Å². The molecular formula is C8H4Cl3F2NO4S2. The lowest BCUT2D eigenvalue weighted by molar-refractivity contribution is 0.606. The van der Waals surface area contributed by atoms with Crippen LogP contribution in [-0.4, -0.2) is 16.8 Å². The molecule has 1 aromatic carbocycles. The van der Waals surface area contributed by atoms with Crippen LogP contribution in [0.2, 0.25) is 0 Å². The van der Waals surface area contributed by atoms with Crippen molar-refractivity contribution in [3.8, 4) is 0 Å². The zero-order valence-electron chi connectivity index (χ0n) is 9.07. The molecule has 0 fully saturated rings. The number of anilines is 1. The van der Waals surface area contributed by atoms with E-state index in [0.29, 0.717) is 12.1 Å². The molecular weight excluding hydrogens is 383 g/mol. The fourth-order valence-electron chi connectivity index (χ4n) is 1.26. The molecule has 0 bridgehead atoms. The molecule has 0 spiro atoms. The molecule has 0 heterocycles. The third-order valence-corrected chi connectivity index (χ3v) is 4.95. The highest BCUT2D eigenvalue weighted by Crippen LogP contribution is 2.36. The molecule has 1 aromatic rings. The molecule has 1 rings (SSSR count). The summed E-state index contributed by atoms with van der Waals surface area (Å²) in [5.41, 5.74) is 3.77. The molecule has 0 saturated heterocycles. The van der Waals surface area contributed by atoms with E-state index < -0.39 is 50.3 Å². The van der Waals surface area contributed by atoms with Gasteiger partial charge in [-0.1, -0.05) is 0 Å². The maximum atomic E-state index is 13.5. The first-order valence-corrected chi connectivity index (χ1v) is 9.39. The van der Waals surface area contributed by atoms with E-state index in [0.717, 1.165) is 0 Å². The third kappa shape index (κ3) is 3.73. The molecule has 0 aliphatic rings. The summed E-state index contributed by atoms with van der Waals surface area (Å²) in [5, 5.41) is -1.85. The molecule has 2 N–H and O–H groups in total. The number of halogens is 5. The Kier molecular flexibility index (Phi) is 4.92. The van der Waals surface area contributed by atoms with Gasteiger partial charge in [-0.25, -0.2) is 21.2 Å². The predicted octanol–water partition coefficient (Wildman–Crippen LogP) is 2.93. The number of benzene rings is 1. The van der Waals surface area contributed by atoms with Crippen LogP contribution in [0.5, 0.6) is 0 Å². The summed E-state index contributed by atoms with van der Waals surface area (Å²) in [6, 6.07) is 0.955. The lowest BCUT2D eigenvalue weighted by Crippen LogP contribution is -2.04. The minimum atomic E-state index is -4.62. The maximum Gasteiger partial charge on any atom is 0.263 e. The molecule has 112 valence electrons. The average Bonchev–Trinajstić information content (AvgIpc) is 2.23. The summed E-state index contributed by atoms with van der Waals surface area (Å²) in [4.78, 5) is -1.86. The van der Waals surface area contributed by atoms with Gasteiger partial charge in [0.05, 0.1) is 10.6 Å². The van der Waals surface area contributed by atoms with Gasteiger partial charge < -0.3 is 5.73 Å². The van der Waals surface area contributed by atoms with E-state index in [9.17, 15) is 25.6 Å². The van der Waals surface area contributed by atoms with Crippen LogP contribution in [-0.2, 0) is 18.1 Å². The highest BCUT2D eigenvalue weighted by atomic mass is 35.7. The van der Waals surface area contributed by atoms with Gasteiger partial charge in [0.15, 0.2) is 5.83 Å². The van der Waals surface area contributed by atoms with Crippen molar-refractivity contribution in [2.45, 2.75) is 9.79 Å². The van der Waals surface area contributed by atoms with Crippen LogP contribution in [0.4, 0.5) is 14.5 Å². The second kappa shape index (κ2) is 5.64. The van der Waals surface area contributed by atoms with E-state index >= 15 is 0 Å². The smallest absolute Gasteiger partial charge is 0.263 e. The van der Waals surface area contributed by atoms with Crippen LogP contribution in [0.1, 0.15) is 5.56 Å². The van der Waals surface area contributed by atoms with E-state index in [-0.39, 0.29) is 0 Å². The lowest BCUT2D eigenvalue weighted by Gasteiger charge is -2.09. The van der Waals surface area contributed by atoms with Gasteiger partial charge in [0, 0.05) is 26.9 Å². The Morgan fingerprint density at radius 3 is 1.80 bits per heavy atom. The molecule has 5 nitrogen and oxygen atoms in total. The molecule has 0 aliphatic carbocycles. The van der Waals surface area contributed by atoms with Crippen LogP contribution in [0.15, 0.2) is 27.2 Å². The van der Waals surface area contributed by atoms with Gasteiger partial charge in [0.1, 0.15) is 4.90 Å². The molecule has 0 aliphatic heterocycles. The number of nitrogens with two attached hydrogens (primary N) is 1. The fourth-order valence-corrected chi connectivity index (χ4v) is 3.49. The van der Waals surface area contributed by atoms with Crippen molar-refractivity contribution in [2.24, 2.45) is 0 Å². The summed E-state index contributed by atoms with van der Waals surface area (Å²) in [6.45, 7) is 0. The van der Waals surface area contributed by atoms with Crippen molar-refractivity contribution in [2.75, 3.05) is 5.73 Å². The quantitative estimate of drug-likeness (QED) is 0.636. The Bertz CT molecular complexity index is 801. The SMILES string of the molecule is Nc1cc(C(F)=C(F)Cl)c(S(=O)(=O)Cl)cc1S(=O)(=O)Cl. The van der Waals surface area contributed by atoms with Crippen molar-refractivity contribution in [1.82, 2.24) is 0 Å². The Balaban J connectivity index is 3.91. The second-order valence-corrected chi connectivity index (χ2v) is 8.74. The van der Waals surface area contributed by atoms with Crippen LogP contribution in [0.3, 0.4) is 0 Å². The number of nitrogen functional groups attached to an aromatic ring is 1. The normalized spacial score (nSPS) is 14.1. The topological polar surface area (TPSA) is 94.3 Å². The van der Waals surface area contributed by atoms with Crippen molar-refractivity contribution < 1.29 is 25.6 Å². The average molecular weight is 387 g/mol. The monoisotopic (exact) mass is 385 g/mol. The molecule has 0 radical (unpaired) electrons. The number of hydrogen-bond acceptors (Lipinski definition) is 5. The predicted molar refractivity (Wildman–Crippen MR) is 71.9 cm³/mol. The molecule has 0 saturated carbocycles. The standard InChI is InChI=1S/C8H4Cl3F2NO4S2/c9-8(13)7(12)3-1-4(14)6(20(11,17)18)2-5(3)19(10,15)16/h1-2H,14H2. The summed E-state index contributed by atoms with van der Waals surface area (Å²) in [7, 11) is 1.02. The fraction of sp³-hybridized carbons (Fsp3) is 0. The minimum Gasteiger partial charge on any atom is -0.398 e. The van der Waals surface area contributed by atoms with Gasteiger partial charge in [0.2, 0.25) is 5.29 Å². The summed E-state index contributed by atoms with van der Waals surface area (Å²) in [5.74, 6) is -1.77. The van der Waals surface area contributed by atoms with E-state index in [1.165, 1.54) is 0 Å². The number of hydrogen-bond donors (Lipinski definition) is 1. The minimum absolute atomic E-state index is 0.411. The van der Waals surface area contributed by atoms with E-state index in [2.05, 4.69) is 0 Å². The molecule has 0 unspecified atom stereocenters. The van der Waals surface area contributed by atoms with Crippen molar-refractivity contribution in [1.29, 1.82) is 0 Å². The van der Waals surface area contributed by atoms with Crippen molar-refractivity contribution >= 4 is 62.6 Å². The Hall–Kier alpha value is -0.610. The Morgan fingerprint density at radius 1 is 1.00 bits per heavy atom. The second-order valence-electron chi connectivity index (χ2n) is 3.34. The highest BCUT2D eigenvalue weighted by molar-refractivity contribution is 8.14. The zero-order valence-corrected chi connectivity index (χ0v) is 13.0. The summed E-state index contributed by atoms with van der Waals surface area (Å²) < 4.78 is 71.1. The third-order valence-electron chi connectivity index (χ3n) is 2.04. The highest BCUT2D eigenvalue weighted by Gasteiger charge is 2.26. The van der Waals surface area contributed by atoms with Crippen LogP contribution < -0.4 is 5.73 Å². The van der Waals surface area contributed by atoms with Crippen molar-refractivity contribution in [3.63, 3.8) is 0 Å². The molecule has 12 heteroatoms. The van der Waals surface area contributed by atoms with Gasteiger partial charge in [-0.3, -0.25) is 0 Å². The van der Waals surface area contributed by atoms with Crippen LogP contribution >= 0.6 is 33.0 Å². The van der Waals surface area contributed by atoms with Gasteiger partial charge >= 0.3 is 0 Å². The van der Waals surface area contributed by atoms with Crippen molar-refractivity contribution in [3.05, 3.63) is 23.0 Å². The summed E-state index contributed by atoms with van der Waals surface area (Å²) in [6.07, 6.45) is 0. The first-order valence-electron chi connectivity index (χ1n) is 4.39. The van der Waals surface area contributed by atoms with Gasteiger partial charge in [-0.15, -0.1) is 0 Å². The Morgan fingerprint density at radius 2 is 1.45 bits per heavy atom. The van der Waals surface area contributed by atoms with Crippen LogP contribution in [0, 0.1) is 0 Å². The zero-order chi connectivity index (χ0) is 15.9. The lowest BCUT2D eigenvalue weighted by atomic mass is 10.2. The van der Waals surface area contributed by atoms with E-state index in [4.69, 9.17) is 38.7 Å². The van der Waals surface area contributed by atoms with E-state index in [1.807, 2.05) is 0 Å². The van der Waals surface area contributed by atoms with Gasteiger partial charge in [-0.05, 0) is 23.7 Å². The van der Waals surface area contributed by atoms with Gasteiger partial charge in [-0.2, -0.15) is 4.39 Å². The largest absolute Gasteiger partial charge is 0.398 e. The molecule has 0 amide bonds. The molecule has 20 heavy (non-hydrogen) atoms. The first kappa shape index (κ1) is 17.4. The Labute approximate surface area is 126 Å². The molecule has 0 aromatic heterocycles. The molecule has 0 atom stereocenters. The van der Waals surface area contributed by atoms with Gasteiger partial charge in [0.25, 0.3) is 18.1 Å². The summed E-state index contributed by atoms with van der Waals surface area (Å²) >= 11 is 4.78. The maximum absolute atomic E-state index is 13.5. The number of rotatable bonds is 3.